The molecule has 1 N–H and O–H groups in total. The minimum Gasteiger partial charge on any atom is -0.503 e. The van der Waals surface area contributed by atoms with Crippen molar-refractivity contribution in [1.29, 1.82) is 0 Å². The summed E-state index contributed by atoms with van der Waals surface area (Å²) in [5.74, 6) is -4.90. The van der Waals surface area contributed by atoms with Gasteiger partial charge in [0.15, 0.2) is 17.4 Å². The highest BCUT2D eigenvalue weighted by molar-refractivity contribution is 6.13. The van der Waals surface area contributed by atoms with E-state index in [0.717, 1.165) is 18.2 Å². The van der Waals surface area contributed by atoms with Crippen LogP contribution in [-0.2, 0) is 4.79 Å². The second kappa shape index (κ2) is 5.39. The van der Waals surface area contributed by atoms with E-state index < -0.39 is 36.0 Å². The van der Waals surface area contributed by atoms with Crippen LogP contribution in [0.5, 0.6) is 5.75 Å². The molecule has 1 aliphatic heterocycles. The molecule has 0 atom stereocenters. The van der Waals surface area contributed by atoms with E-state index in [-0.39, 0.29) is 17.1 Å². The fraction of sp³-hybridized carbons (Fsp3) is 0.231. The molecular weight excluding hydrogens is 311 g/mol. The van der Waals surface area contributed by atoms with Crippen LogP contribution < -0.4 is 0 Å². The van der Waals surface area contributed by atoms with Crippen LogP contribution in [0.3, 0.4) is 0 Å². The van der Waals surface area contributed by atoms with Gasteiger partial charge in [0.1, 0.15) is 18.1 Å². The first-order valence-electron chi connectivity index (χ1n) is 5.92. The molecule has 1 aromatic carbocycles. The third kappa shape index (κ3) is 3.23. The van der Waals surface area contributed by atoms with Crippen molar-refractivity contribution in [2.75, 3.05) is 6.54 Å². The number of phenolic OH excluding ortho intramolecular Hbond substituents is 1. The number of hydrogen-bond acceptors (Lipinski definition) is 3. The smallest absolute Gasteiger partial charge is 0.406 e. The third-order valence-electron chi connectivity index (χ3n) is 2.82. The van der Waals surface area contributed by atoms with Gasteiger partial charge in [-0.05, 0) is 30.7 Å². The fourth-order valence-corrected chi connectivity index (χ4v) is 1.85. The summed E-state index contributed by atoms with van der Waals surface area (Å²) in [6.45, 7) is -0.292. The first kappa shape index (κ1) is 15.9. The summed E-state index contributed by atoms with van der Waals surface area (Å²) >= 11 is 0. The lowest BCUT2D eigenvalue weighted by Crippen LogP contribution is -2.38. The molecule has 1 heterocycles. The van der Waals surface area contributed by atoms with E-state index in [2.05, 4.69) is 4.99 Å². The number of hydrogen-bond donors (Lipinski definition) is 1. The normalized spacial score (nSPS) is 17.4. The lowest BCUT2D eigenvalue weighted by molar-refractivity contribution is -0.149. The number of aliphatic imine (C=N–C) groups is 1. The summed E-state index contributed by atoms with van der Waals surface area (Å²) in [7, 11) is 0. The molecule has 0 saturated carbocycles. The molecule has 0 aliphatic carbocycles. The molecule has 0 fully saturated rings. The van der Waals surface area contributed by atoms with Gasteiger partial charge in [-0.15, -0.1) is 0 Å². The Bertz CT molecular complexity index is 671. The largest absolute Gasteiger partial charge is 0.503 e. The van der Waals surface area contributed by atoms with E-state index in [0.29, 0.717) is 4.90 Å². The van der Waals surface area contributed by atoms with Gasteiger partial charge in [0.05, 0.1) is 0 Å². The molecule has 4 nitrogen and oxygen atoms in total. The number of nitrogens with zero attached hydrogens (tertiary/aromatic N) is 2. The van der Waals surface area contributed by atoms with E-state index in [1.54, 1.807) is 0 Å². The standard InChI is InChI=1S/C13H9F5N2O2/c1-6-19-10(12(22)20(6)5-13(16,17)18)4-7-2-8(14)11(21)9(15)3-7/h2-4,21H,5H2,1H3. The van der Waals surface area contributed by atoms with E-state index in [1.807, 2.05) is 0 Å². The van der Waals surface area contributed by atoms with Crippen molar-refractivity contribution >= 4 is 17.8 Å². The van der Waals surface area contributed by atoms with Gasteiger partial charge < -0.3 is 5.11 Å². The Balaban J connectivity index is 2.33. The van der Waals surface area contributed by atoms with Crippen molar-refractivity contribution in [2.24, 2.45) is 4.99 Å². The Morgan fingerprint density at radius 2 is 1.82 bits per heavy atom. The van der Waals surface area contributed by atoms with Gasteiger partial charge in [-0.3, -0.25) is 9.69 Å². The number of amides is 1. The Labute approximate surface area is 121 Å². The highest BCUT2D eigenvalue weighted by Gasteiger charge is 2.38. The highest BCUT2D eigenvalue weighted by Crippen LogP contribution is 2.26. The average molecular weight is 320 g/mol. The topological polar surface area (TPSA) is 52.9 Å². The van der Waals surface area contributed by atoms with Gasteiger partial charge in [0, 0.05) is 0 Å². The Morgan fingerprint density at radius 3 is 2.32 bits per heavy atom. The number of amidine groups is 1. The maximum atomic E-state index is 13.2. The van der Waals surface area contributed by atoms with E-state index >= 15 is 0 Å². The number of rotatable bonds is 2. The molecule has 2 rings (SSSR count). The molecule has 0 saturated heterocycles. The van der Waals surface area contributed by atoms with Crippen molar-refractivity contribution < 1.29 is 31.9 Å². The summed E-state index contributed by atoms with van der Waals surface area (Å²) in [6.07, 6.45) is -3.66. The molecule has 0 unspecified atom stereocenters. The van der Waals surface area contributed by atoms with Gasteiger partial charge in [-0.1, -0.05) is 0 Å². The van der Waals surface area contributed by atoms with Crippen molar-refractivity contribution in [3.8, 4) is 5.75 Å². The number of alkyl halides is 3. The van der Waals surface area contributed by atoms with Crippen molar-refractivity contribution in [3.05, 3.63) is 35.0 Å². The second-order valence-electron chi connectivity index (χ2n) is 4.53. The maximum Gasteiger partial charge on any atom is 0.406 e. The lowest BCUT2D eigenvalue weighted by Gasteiger charge is -2.17. The van der Waals surface area contributed by atoms with Crippen molar-refractivity contribution in [2.45, 2.75) is 13.1 Å². The molecule has 118 valence electrons. The number of benzene rings is 1. The van der Waals surface area contributed by atoms with Gasteiger partial charge in [-0.25, -0.2) is 13.8 Å². The number of aromatic hydroxyl groups is 1. The van der Waals surface area contributed by atoms with Gasteiger partial charge in [0.25, 0.3) is 5.91 Å². The molecule has 1 amide bonds. The van der Waals surface area contributed by atoms with Crippen LogP contribution in [0, 0.1) is 11.6 Å². The molecule has 0 bridgehead atoms. The summed E-state index contributed by atoms with van der Waals surface area (Å²) in [5.41, 5.74) is -0.534. The van der Waals surface area contributed by atoms with Crippen molar-refractivity contribution in [1.82, 2.24) is 4.90 Å². The fourth-order valence-electron chi connectivity index (χ4n) is 1.85. The molecule has 1 aliphatic rings. The van der Waals surface area contributed by atoms with Crippen LogP contribution in [0.25, 0.3) is 6.08 Å². The Hall–Kier alpha value is -2.45. The minimum atomic E-state index is -4.60. The molecule has 22 heavy (non-hydrogen) atoms. The predicted molar refractivity (Wildman–Crippen MR) is 66.9 cm³/mol. The zero-order chi connectivity index (χ0) is 16.7. The molecule has 9 heteroatoms. The minimum absolute atomic E-state index is 0.151. The zero-order valence-corrected chi connectivity index (χ0v) is 11.1. The SMILES string of the molecule is CC1=NC(=Cc2cc(F)c(O)c(F)c2)C(=O)N1CC(F)(F)F. The maximum absolute atomic E-state index is 13.2. The van der Waals surface area contributed by atoms with Crippen LogP contribution in [0.2, 0.25) is 0 Å². The monoisotopic (exact) mass is 320 g/mol. The molecular formula is C13H9F5N2O2. The Kier molecular flexibility index (Phi) is 3.90. The average Bonchev–Trinajstić information content (AvgIpc) is 2.62. The van der Waals surface area contributed by atoms with Crippen LogP contribution in [0.15, 0.2) is 22.8 Å². The van der Waals surface area contributed by atoms with Crippen LogP contribution in [0.1, 0.15) is 12.5 Å². The summed E-state index contributed by atoms with van der Waals surface area (Å²) in [4.78, 5) is 15.9. The highest BCUT2D eigenvalue weighted by atomic mass is 19.4. The summed E-state index contributed by atoms with van der Waals surface area (Å²) in [5, 5.41) is 8.96. The Morgan fingerprint density at radius 1 is 1.27 bits per heavy atom. The first-order valence-corrected chi connectivity index (χ1v) is 5.92. The summed E-state index contributed by atoms with van der Waals surface area (Å²) in [6, 6.07) is 1.46. The number of carbonyl (C=O) groups excluding carboxylic acids is 1. The zero-order valence-electron chi connectivity index (χ0n) is 11.1. The van der Waals surface area contributed by atoms with Crippen LogP contribution in [-0.4, -0.2) is 34.5 Å². The van der Waals surface area contributed by atoms with E-state index in [9.17, 15) is 26.7 Å². The number of halogens is 5. The van der Waals surface area contributed by atoms with Crippen LogP contribution in [0.4, 0.5) is 22.0 Å². The van der Waals surface area contributed by atoms with Gasteiger partial charge in [-0.2, -0.15) is 13.2 Å². The number of phenols is 1. The van der Waals surface area contributed by atoms with E-state index in [4.69, 9.17) is 5.11 Å². The molecule has 0 radical (unpaired) electrons. The third-order valence-corrected chi connectivity index (χ3v) is 2.82. The van der Waals surface area contributed by atoms with Gasteiger partial charge >= 0.3 is 6.18 Å². The van der Waals surface area contributed by atoms with Crippen molar-refractivity contribution in [3.63, 3.8) is 0 Å². The summed E-state index contributed by atoms with van der Waals surface area (Å²) < 4.78 is 63.5. The second-order valence-corrected chi connectivity index (χ2v) is 4.53. The van der Waals surface area contributed by atoms with Crippen LogP contribution >= 0.6 is 0 Å². The van der Waals surface area contributed by atoms with E-state index in [1.165, 1.54) is 6.92 Å². The quantitative estimate of drug-likeness (QED) is 0.673. The first-order chi connectivity index (χ1) is 10.1. The molecule has 0 spiro atoms. The predicted octanol–water partition coefficient (Wildman–Crippen LogP) is 2.83. The molecule has 0 aromatic heterocycles. The van der Waals surface area contributed by atoms with Gasteiger partial charge in [0.2, 0.25) is 0 Å². The lowest BCUT2D eigenvalue weighted by atomic mass is 10.1. The number of carbonyl (C=O) groups is 1. The molecule has 1 aromatic rings.